The Morgan fingerprint density at radius 2 is 2.19 bits per heavy atom. The van der Waals surface area contributed by atoms with E-state index in [-0.39, 0.29) is 24.5 Å². The van der Waals surface area contributed by atoms with Crippen LogP contribution < -0.4 is 5.32 Å². The summed E-state index contributed by atoms with van der Waals surface area (Å²) in [6, 6.07) is 9.42. The molecule has 1 aromatic heterocycles. The van der Waals surface area contributed by atoms with Gasteiger partial charge in [-0.15, -0.1) is 0 Å². The van der Waals surface area contributed by atoms with E-state index in [1.165, 1.54) is 18.2 Å². The van der Waals surface area contributed by atoms with Crippen molar-refractivity contribution in [2.75, 3.05) is 11.9 Å². The number of benzene rings is 1. The average molecular weight is 284 g/mol. The minimum absolute atomic E-state index is 0.125. The van der Waals surface area contributed by atoms with Gasteiger partial charge >= 0.3 is 0 Å². The largest absolute Gasteiger partial charge is 0.384 e. The van der Waals surface area contributed by atoms with E-state index >= 15 is 0 Å². The van der Waals surface area contributed by atoms with Gasteiger partial charge in [0.2, 0.25) is 5.91 Å². The molecule has 0 aliphatic rings. The van der Waals surface area contributed by atoms with Crippen molar-refractivity contribution < 1.29 is 14.3 Å². The van der Waals surface area contributed by atoms with Crippen molar-refractivity contribution >= 4 is 11.6 Å². The summed E-state index contributed by atoms with van der Waals surface area (Å²) in [6.45, 7) is -0.351. The summed E-state index contributed by atoms with van der Waals surface area (Å²) in [5.74, 6) is 4.11. The molecule has 0 aliphatic carbocycles. The second-order valence-corrected chi connectivity index (χ2v) is 4.20. The number of hydrogen-bond donors (Lipinski definition) is 2. The zero-order chi connectivity index (χ0) is 15.1. The summed E-state index contributed by atoms with van der Waals surface area (Å²) in [5, 5.41) is 11.3. The molecule has 1 heterocycles. The Kier molecular flexibility index (Phi) is 5.02. The van der Waals surface area contributed by atoms with Crippen molar-refractivity contribution in [1.29, 1.82) is 0 Å². The number of hydrogen-bond acceptors (Lipinski definition) is 3. The Morgan fingerprint density at radius 1 is 1.33 bits per heavy atom. The first kappa shape index (κ1) is 14.7. The summed E-state index contributed by atoms with van der Waals surface area (Å²) < 4.78 is 13.5. The first-order chi connectivity index (χ1) is 10.2. The number of halogens is 1. The number of pyridine rings is 1. The van der Waals surface area contributed by atoms with E-state index in [1.807, 2.05) is 0 Å². The lowest BCUT2D eigenvalue weighted by molar-refractivity contribution is -0.115. The van der Waals surface area contributed by atoms with Crippen LogP contribution in [0.4, 0.5) is 10.1 Å². The number of aromatic nitrogens is 1. The summed E-state index contributed by atoms with van der Waals surface area (Å²) >= 11 is 0. The van der Waals surface area contributed by atoms with Crippen LogP contribution in [0.2, 0.25) is 0 Å². The number of nitrogens with zero attached hydrogens (tertiary/aromatic N) is 1. The van der Waals surface area contributed by atoms with Crippen molar-refractivity contribution in [3.63, 3.8) is 0 Å². The maximum atomic E-state index is 13.5. The van der Waals surface area contributed by atoms with E-state index in [0.29, 0.717) is 11.4 Å². The maximum absolute atomic E-state index is 13.5. The lowest BCUT2D eigenvalue weighted by Gasteiger charge is -2.06. The van der Waals surface area contributed by atoms with Gasteiger partial charge in [-0.25, -0.2) is 4.39 Å². The second kappa shape index (κ2) is 7.17. The van der Waals surface area contributed by atoms with Crippen molar-refractivity contribution in [3.8, 4) is 11.8 Å². The fraction of sp³-hybridized carbons (Fsp3) is 0.125. The molecule has 1 amide bonds. The van der Waals surface area contributed by atoms with Crippen LogP contribution in [-0.4, -0.2) is 22.6 Å². The molecule has 1 aromatic carbocycles. The van der Waals surface area contributed by atoms with Crippen molar-refractivity contribution in [1.82, 2.24) is 4.98 Å². The number of anilines is 1. The van der Waals surface area contributed by atoms with Crippen LogP contribution in [0.25, 0.3) is 0 Å². The number of nitrogens with one attached hydrogen (secondary N) is 1. The molecule has 0 bridgehead atoms. The highest BCUT2D eigenvalue weighted by Crippen LogP contribution is 2.14. The zero-order valence-electron chi connectivity index (χ0n) is 11.1. The van der Waals surface area contributed by atoms with Crippen LogP contribution in [0.3, 0.4) is 0 Å². The van der Waals surface area contributed by atoms with Crippen LogP contribution >= 0.6 is 0 Å². The number of aliphatic hydroxyl groups excluding tert-OH is 1. The fourth-order valence-electron chi connectivity index (χ4n) is 1.71. The molecule has 0 spiro atoms. The predicted octanol–water partition coefficient (Wildman–Crippen LogP) is 1.75. The summed E-state index contributed by atoms with van der Waals surface area (Å²) in [6.07, 6.45) is 1.75. The van der Waals surface area contributed by atoms with Gasteiger partial charge in [0.25, 0.3) is 0 Å². The highest BCUT2D eigenvalue weighted by Gasteiger charge is 2.07. The third-order valence-corrected chi connectivity index (χ3v) is 2.62. The Balaban J connectivity index is 2.07. The molecule has 2 rings (SSSR count). The molecule has 0 unspecified atom stereocenters. The molecule has 4 nitrogen and oxygen atoms in total. The number of aliphatic hydroxyl groups is 1. The SMILES string of the molecule is O=C(Cc1ccccn1)Nc1ccc(F)c(C#CCO)c1. The number of rotatable bonds is 3. The van der Waals surface area contributed by atoms with Crippen molar-refractivity contribution in [2.24, 2.45) is 0 Å². The summed E-state index contributed by atoms with van der Waals surface area (Å²) in [4.78, 5) is 15.9. The third-order valence-electron chi connectivity index (χ3n) is 2.62. The summed E-state index contributed by atoms with van der Waals surface area (Å²) in [5.41, 5.74) is 1.22. The lowest BCUT2D eigenvalue weighted by Crippen LogP contribution is -2.15. The highest BCUT2D eigenvalue weighted by molar-refractivity contribution is 5.92. The fourth-order valence-corrected chi connectivity index (χ4v) is 1.71. The molecular weight excluding hydrogens is 271 g/mol. The van der Waals surface area contributed by atoms with E-state index in [0.717, 1.165) is 0 Å². The third kappa shape index (κ3) is 4.41. The molecule has 0 aliphatic heterocycles. The molecule has 106 valence electrons. The molecule has 0 fully saturated rings. The normalized spacial score (nSPS) is 9.62. The van der Waals surface area contributed by atoms with Crippen molar-refractivity contribution in [3.05, 3.63) is 59.7 Å². The minimum atomic E-state index is -0.501. The molecule has 21 heavy (non-hydrogen) atoms. The average Bonchev–Trinajstić information content (AvgIpc) is 2.48. The van der Waals surface area contributed by atoms with Crippen molar-refractivity contribution in [2.45, 2.75) is 6.42 Å². The Morgan fingerprint density at radius 3 is 2.90 bits per heavy atom. The Bertz CT molecular complexity index is 690. The number of amides is 1. The van der Waals surface area contributed by atoms with E-state index in [2.05, 4.69) is 22.1 Å². The molecule has 0 atom stereocenters. The van der Waals surface area contributed by atoms with Gasteiger partial charge in [-0.05, 0) is 30.3 Å². The minimum Gasteiger partial charge on any atom is -0.384 e. The van der Waals surface area contributed by atoms with Gasteiger partial charge in [0, 0.05) is 17.6 Å². The van der Waals surface area contributed by atoms with E-state index in [4.69, 9.17) is 5.11 Å². The van der Waals surface area contributed by atoms with Gasteiger partial charge < -0.3 is 10.4 Å². The lowest BCUT2D eigenvalue weighted by atomic mass is 10.2. The molecule has 2 N–H and O–H groups in total. The van der Waals surface area contributed by atoms with Crippen LogP contribution in [0.5, 0.6) is 0 Å². The Hall–Kier alpha value is -2.71. The molecule has 0 saturated heterocycles. The Labute approximate surface area is 121 Å². The predicted molar refractivity (Wildman–Crippen MR) is 76.9 cm³/mol. The van der Waals surface area contributed by atoms with E-state index < -0.39 is 5.82 Å². The van der Waals surface area contributed by atoms with Gasteiger partial charge in [-0.3, -0.25) is 9.78 Å². The van der Waals surface area contributed by atoms with Gasteiger partial charge in [0.15, 0.2) is 0 Å². The first-order valence-corrected chi connectivity index (χ1v) is 6.28. The second-order valence-electron chi connectivity index (χ2n) is 4.20. The monoisotopic (exact) mass is 284 g/mol. The zero-order valence-corrected chi connectivity index (χ0v) is 11.1. The van der Waals surface area contributed by atoms with Crippen LogP contribution in [0.15, 0.2) is 42.6 Å². The van der Waals surface area contributed by atoms with E-state index in [9.17, 15) is 9.18 Å². The topological polar surface area (TPSA) is 62.2 Å². The standard InChI is InChI=1S/C16H13FN2O2/c17-15-7-6-14(10-12(15)4-3-9-20)19-16(21)11-13-5-1-2-8-18-13/h1-2,5-8,10,20H,9,11H2,(H,19,21). The molecular formula is C16H13FN2O2. The summed E-state index contributed by atoms with van der Waals surface area (Å²) in [7, 11) is 0. The van der Waals surface area contributed by atoms with Crippen LogP contribution in [-0.2, 0) is 11.2 Å². The van der Waals surface area contributed by atoms with Gasteiger partial charge in [0.1, 0.15) is 12.4 Å². The number of carbonyl (C=O) groups excluding carboxylic acids is 1. The van der Waals surface area contributed by atoms with Gasteiger partial charge in [-0.1, -0.05) is 17.9 Å². The number of carbonyl (C=O) groups is 1. The molecule has 0 saturated carbocycles. The van der Waals surface area contributed by atoms with E-state index in [1.54, 1.807) is 24.4 Å². The molecule has 5 heteroatoms. The van der Waals surface area contributed by atoms with Gasteiger partial charge in [-0.2, -0.15) is 0 Å². The quantitative estimate of drug-likeness (QED) is 0.844. The first-order valence-electron chi connectivity index (χ1n) is 6.28. The van der Waals surface area contributed by atoms with Crippen LogP contribution in [0, 0.1) is 17.7 Å². The van der Waals surface area contributed by atoms with Gasteiger partial charge in [0.05, 0.1) is 12.0 Å². The smallest absolute Gasteiger partial charge is 0.230 e. The highest BCUT2D eigenvalue weighted by atomic mass is 19.1. The van der Waals surface area contributed by atoms with Crippen LogP contribution in [0.1, 0.15) is 11.3 Å². The molecule has 0 radical (unpaired) electrons. The molecule has 2 aromatic rings. The maximum Gasteiger partial charge on any atom is 0.230 e.